The van der Waals surface area contributed by atoms with Gasteiger partial charge in [0.2, 0.25) is 5.91 Å². The van der Waals surface area contributed by atoms with Gasteiger partial charge in [0, 0.05) is 18.0 Å². The van der Waals surface area contributed by atoms with Gasteiger partial charge in [0.1, 0.15) is 5.60 Å². The van der Waals surface area contributed by atoms with Gasteiger partial charge in [-0.05, 0) is 40.5 Å². The standard InChI is InChI=1S/C15H22N2O4/c1-9-7-11(8-10-5-6-16-12(10)18)17(13(9)19)14(20)21-15(2,3)4/h7,10-11H,5-6,8H2,1-4H3,(H,16,18)/t10-,11-/m1/s1. The molecule has 0 radical (unpaired) electrons. The van der Waals surface area contributed by atoms with Gasteiger partial charge in [-0.25, -0.2) is 9.69 Å². The predicted octanol–water partition coefficient (Wildman–Crippen LogP) is 1.60. The molecule has 1 saturated heterocycles. The zero-order valence-electron chi connectivity index (χ0n) is 12.9. The maximum Gasteiger partial charge on any atom is 0.417 e. The fourth-order valence-electron chi connectivity index (χ4n) is 2.64. The van der Waals surface area contributed by atoms with E-state index < -0.39 is 17.7 Å². The van der Waals surface area contributed by atoms with E-state index in [1.807, 2.05) is 0 Å². The Morgan fingerprint density at radius 2 is 2.10 bits per heavy atom. The number of carbonyl (C=O) groups excluding carboxylic acids is 3. The lowest BCUT2D eigenvalue weighted by molar-refractivity contribution is -0.128. The highest BCUT2D eigenvalue weighted by molar-refractivity contribution is 6.05. The first-order valence-corrected chi connectivity index (χ1v) is 7.22. The number of nitrogens with one attached hydrogen (secondary N) is 1. The minimum Gasteiger partial charge on any atom is -0.443 e. The van der Waals surface area contributed by atoms with Crippen LogP contribution in [0, 0.1) is 5.92 Å². The molecule has 0 unspecified atom stereocenters. The largest absolute Gasteiger partial charge is 0.443 e. The van der Waals surface area contributed by atoms with Crippen molar-refractivity contribution < 1.29 is 19.1 Å². The quantitative estimate of drug-likeness (QED) is 0.839. The number of rotatable bonds is 2. The van der Waals surface area contributed by atoms with E-state index in [0.29, 0.717) is 18.5 Å². The second kappa shape index (κ2) is 5.50. The molecule has 0 spiro atoms. The summed E-state index contributed by atoms with van der Waals surface area (Å²) in [5.74, 6) is -0.507. The van der Waals surface area contributed by atoms with Gasteiger partial charge in [-0.2, -0.15) is 0 Å². The lowest BCUT2D eigenvalue weighted by Gasteiger charge is -2.28. The highest BCUT2D eigenvalue weighted by atomic mass is 16.6. The lowest BCUT2D eigenvalue weighted by atomic mass is 9.98. The van der Waals surface area contributed by atoms with Gasteiger partial charge < -0.3 is 10.1 Å². The molecule has 6 heteroatoms. The van der Waals surface area contributed by atoms with Gasteiger partial charge in [-0.1, -0.05) is 6.08 Å². The van der Waals surface area contributed by atoms with E-state index in [9.17, 15) is 14.4 Å². The molecule has 21 heavy (non-hydrogen) atoms. The van der Waals surface area contributed by atoms with Crippen LogP contribution in [0.4, 0.5) is 4.79 Å². The van der Waals surface area contributed by atoms with Gasteiger partial charge in [0.15, 0.2) is 0 Å². The van der Waals surface area contributed by atoms with Gasteiger partial charge in [0.05, 0.1) is 6.04 Å². The van der Waals surface area contributed by atoms with Crippen molar-refractivity contribution in [2.75, 3.05) is 6.54 Å². The minimum atomic E-state index is -0.664. The molecule has 2 atom stereocenters. The average molecular weight is 294 g/mol. The molecule has 2 aliphatic heterocycles. The molecule has 1 fully saturated rings. The smallest absolute Gasteiger partial charge is 0.417 e. The number of carbonyl (C=O) groups is 3. The number of ether oxygens (including phenoxy) is 1. The molecule has 2 rings (SSSR count). The summed E-state index contributed by atoms with van der Waals surface area (Å²) >= 11 is 0. The Morgan fingerprint density at radius 3 is 2.62 bits per heavy atom. The van der Waals surface area contributed by atoms with Crippen molar-refractivity contribution in [2.45, 2.75) is 52.2 Å². The van der Waals surface area contributed by atoms with Crippen LogP contribution in [-0.2, 0) is 14.3 Å². The molecular formula is C15H22N2O4. The van der Waals surface area contributed by atoms with Crippen LogP contribution < -0.4 is 5.32 Å². The topological polar surface area (TPSA) is 75.7 Å². The van der Waals surface area contributed by atoms with Crippen molar-refractivity contribution in [2.24, 2.45) is 5.92 Å². The van der Waals surface area contributed by atoms with Crippen molar-refractivity contribution in [1.82, 2.24) is 10.2 Å². The molecule has 0 aliphatic carbocycles. The summed E-state index contributed by atoms with van der Waals surface area (Å²) in [5.41, 5.74) is -0.146. The first-order valence-electron chi connectivity index (χ1n) is 7.22. The van der Waals surface area contributed by atoms with Gasteiger partial charge in [-0.15, -0.1) is 0 Å². The lowest BCUT2D eigenvalue weighted by Crippen LogP contribution is -2.44. The third-order valence-corrected chi connectivity index (χ3v) is 3.61. The van der Waals surface area contributed by atoms with E-state index in [1.165, 1.54) is 0 Å². The Labute approximate surface area is 124 Å². The number of amides is 3. The minimum absolute atomic E-state index is 0.00968. The molecule has 1 N–H and O–H groups in total. The van der Waals surface area contributed by atoms with Crippen molar-refractivity contribution in [1.29, 1.82) is 0 Å². The molecule has 2 heterocycles. The van der Waals surface area contributed by atoms with Crippen LogP contribution in [0.5, 0.6) is 0 Å². The maximum absolute atomic E-state index is 12.2. The van der Waals surface area contributed by atoms with Crippen LogP contribution in [0.3, 0.4) is 0 Å². The fraction of sp³-hybridized carbons (Fsp3) is 0.667. The van der Waals surface area contributed by atoms with Crippen molar-refractivity contribution in [3.05, 3.63) is 11.6 Å². The molecule has 3 amide bonds. The number of imide groups is 1. The molecular weight excluding hydrogens is 272 g/mol. The molecule has 0 aromatic carbocycles. The number of hydrogen-bond acceptors (Lipinski definition) is 4. The van der Waals surface area contributed by atoms with E-state index >= 15 is 0 Å². The Bertz CT molecular complexity index is 504. The Balaban J connectivity index is 2.12. The molecule has 0 bridgehead atoms. The summed E-state index contributed by atoms with van der Waals surface area (Å²) in [6, 6.07) is -0.402. The zero-order chi connectivity index (χ0) is 15.8. The monoisotopic (exact) mass is 294 g/mol. The maximum atomic E-state index is 12.2. The van der Waals surface area contributed by atoms with Crippen LogP contribution in [0.25, 0.3) is 0 Å². The third-order valence-electron chi connectivity index (χ3n) is 3.61. The number of hydrogen-bond donors (Lipinski definition) is 1. The SMILES string of the molecule is CC1=C[C@H](C[C@H]2CCNC2=O)N(C(=O)OC(C)(C)C)C1=O. The molecule has 0 saturated carbocycles. The molecule has 6 nitrogen and oxygen atoms in total. The van der Waals surface area contributed by atoms with Crippen LogP contribution in [0.15, 0.2) is 11.6 Å². The summed E-state index contributed by atoms with van der Waals surface area (Å²) < 4.78 is 5.29. The summed E-state index contributed by atoms with van der Waals surface area (Å²) in [7, 11) is 0. The Morgan fingerprint density at radius 1 is 1.43 bits per heavy atom. The van der Waals surface area contributed by atoms with E-state index in [-0.39, 0.29) is 17.7 Å². The number of nitrogens with zero attached hydrogens (tertiary/aromatic N) is 1. The summed E-state index contributed by atoms with van der Waals surface area (Å²) in [6.07, 6.45) is 2.29. The normalized spacial score (nSPS) is 25.9. The van der Waals surface area contributed by atoms with E-state index in [4.69, 9.17) is 4.74 Å². The molecule has 0 aromatic heterocycles. The predicted molar refractivity (Wildman–Crippen MR) is 76.4 cm³/mol. The highest BCUT2D eigenvalue weighted by Crippen LogP contribution is 2.27. The zero-order valence-corrected chi connectivity index (χ0v) is 12.9. The Hall–Kier alpha value is -1.85. The molecule has 116 valence electrons. The van der Waals surface area contributed by atoms with Crippen LogP contribution in [-0.4, -0.2) is 41.0 Å². The second-order valence-electron chi connectivity index (χ2n) is 6.58. The molecule has 0 aromatic rings. The van der Waals surface area contributed by atoms with Gasteiger partial charge >= 0.3 is 6.09 Å². The molecule has 2 aliphatic rings. The Kier molecular flexibility index (Phi) is 4.07. The first kappa shape index (κ1) is 15.5. The second-order valence-corrected chi connectivity index (χ2v) is 6.58. The van der Waals surface area contributed by atoms with E-state index in [2.05, 4.69) is 5.32 Å². The third kappa shape index (κ3) is 3.43. The van der Waals surface area contributed by atoms with Gasteiger partial charge in [0.25, 0.3) is 5.91 Å². The summed E-state index contributed by atoms with van der Waals surface area (Å²) in [4.78, 5) is 37.2. The van der Waals surface area contributed by atoms with Crippen molar-refractivity contribution in [3.63, 3.8) is 0 Å². The highest BCUT2D eigenvalue weighted by Gasteiger charge is 2.40. The average Bonchev–Trinajstić information content (AvgIpc) is 2.83. The van der Waals surface area contributed by atoms with E-state index in [0.717, 1.165) is 11.3 Å². The first-order chi connectivity index (χ1) is 9.69. The van der Waals surface area contributed by atoms with E-state index in [1.54, 1.807) is 33.8 Å². The van der Waals surface area contributed by atoms with Crippen LogP contribution in [0.1, 0.15) is 40.5 Å². The van der Waals surface area contributed by atoms with Crippen molar-refractivity contribution >= 4 is 17.9 Å². The van der Waals surface area contributed by atoms with Crippen molar-refractivity contribution in [3.8, 4) is 0 Å². The summed E-state index contributed by atoms with van der Waals surface area (Å²) in [5, 5.41) is 2.77. The van der Waals surface area contributed by atoms with Crippen LogP contribution in [0.2, 0.25) is 0 Å². The summed E-state index contributed by atoms with van der Waals surface area (Å²) in [6.45, 7) is 7.59. The van der Waals surface area contributed by atoms with Gasteiger partial charge in [-0.3, -0.25) is 9.59 Å². The fourth-order valence-corrected chi connectivity index (χ4v) is 2.64. The van der Waals surface area contributed by atoms with Crippen LogP contribution >= 0.6 is 0 Å².